The molecule has 1 rings (SSSR count). The zero-order chi connectivity index (χ0) is 11.4. The first kappa shape index (κ1) is 12.5. The van der Waals surface area contributed by atoms with E-state index in [4.69, 9.17) is 5.73 Å². The third-order valence-corrected chi connectivity index (χ3v) is 3.16. The molecule has 1 amide bonds. The second-order valence-corrected chi connectivity index (χ2v) is 4.43. The number of nitrogens with zero attached hydrogens (tertiary/aromatic N) is 2. The average molecular weight is 213 g/mol. The molecule has 4 heteroatoms. The number of rotatable bonds is 4. The minimum atomic E-state index is -0.383. The molecule has 0 bridgehead atoms. The van der Waals surface area contributed by atoms with Gasteiger partial charge < -0.3 is 10.6 Å². The first-order chi connectivity index (χ1) is 7.06. The fraction of sp³-hybridized carbons (Fsp3) is 0.909. The van der Waals surface area contributed by atoms with Crippen molar-refractivity contribution in [3.8, 4) is 0 Å². The molecule has 0 spiro atoms. The van der Waals surface area contributed by atoms with Gasteiger partial charge in [-0.1, -0.05) is 6.92 Å². The van der Waals surface area contributed by atoms with Gasteiger partial charge in [-0.25, -0.2) is 0 Å². The van der Waals surface area contributed by atoms with Gasteiger partial charge in [0.25, 0.3) is 0 Å². The van der Waals surface area contributed by atoms with Gasteiger partial charge in [-0.2, -0.15) is 0 Å². The van der Waals surface area contributed by atoms with Crippen molar-refractivity contribution in [1.29, 1.82) is 0 Å². The van der Waals surface area contributed by atoms with E-state index in [2.05, 4.69) is 11.8 Å². The number of carbonyl (C=O) groups is 1. The van der Waals surface area contributed by atoms with E-state index in [9.17, 15) is 4.79 Å². The van der Waals surface area contributed by atoms with E-state index in [1.54, 1.807) is 11.8 Å². The summed E-state index contributed by atoms with van der Waals surface area (Å²) in [7, 11) is 1.85. The monoisotopic (exact) mass is 213 g/mol. The number of likely N-dealkylation sites (tertiary alicyclic amines) is 1. The van der Waals surface area contributed by atoms with Crippen LogP contribution in [0.15, 0.2) is 0 Å². The van der Waals surface area contributed by atoms with Crippen LogP contribution in [0.5, 0.6) is 0 Å². The molecular weight excluding hydrogens is 190 g/mol. The molecular formula is C11H23N3O. The van der Waals surface area contributed by atoms with Crippen molar-refractivity contribution in [3.63, 3.8) is 0 Å². The quantitative estimate of drug-likeness (QED) is 0.729. The van der Waals surface area contributed by atoms with E-state index in [1.807, 2.05) is 7.05 Å². The molecule has 0 aliphatic carbocycles. The maximum atomic E-state index is 11.6. The number of nitrogens with two attached hydrogens (primary N) is 1. The van der Waals surface area contributed by atoms with Gasteiger partial charge in [0, 0.05) is 19.6 Å². The fourth-order valence-electron chi connectivity index (χ4n) is 2.27. The third kappa shape index (κ3) is 3.18. The molecule has 1 unspecified atom stereocenters. The van der Waals surface area contributed by atoms with Gasteiger partial charge in [0.15, 0.2) is 0 Å². The SMILES string of the molecule is CCN1CCCC1CN(C)C(=O)[C@@H](C)N. The van der Waals surface area contributed by atoms with Crippen LogP contribution in [0.2, 0.25) is 0 Å². The summed E-state index contributed by atoms with van der Waals surface area (Å²) in [6.07, 6.45) is 2.45. The highest BCUT2D eigenvalue weighted by Crippen LogP contribution is 2.17. The van der Waals surface area contributed by atoms with Crippen molar-refractivity contribution < 1.29 is 4.79 Å². The van der Waals surface area contributed by atoms with E-state index >= 15 is 0 Å². The Morgan fingerprint density at radius 1 is 1.67 bits per heavy atom. The number of amides is 1. The first-order valence-electron chi connectivity index (χ1n) is 5.80. The molecule has 0 aromatic rings. The molecule has 0 aromatic carbocycles. The molecule has 0 aromatic heterocycles. The lowest BCUT2D eigenvalue weighted by Gasteiger charge is -2.28. The minimum absolute atomic E-state index is 0.0398. The second kappa shape index (κ2) is 5.47. The summed E-state index contributed by atoms with van der Waals surface area (Å²) in [5.41, 5.74) is 5.57. The Hall–Kier alpha value is -0.610. The van der Waals surface area contributed by atoms with Crippen LogP contribution in [0.25, 0.3) is 0 Å². The molecule has 4 nitrogen and oxygen atoms in total. The Balaban J connectivity index is 2.43. The molecule has 2 N–H and O–H groups in total. The smallest absolute Gasteiger partial charge is 0.238 e. The van der Waals surface area contributed by atoms with Gasteiger partial charge >= 0.3 is 0 Å². The molecule has 2 atom stereocenters. The molecule has 1 heterocycles. The van der Waals surface area contributed by atoms with Gasteiger partial charge in [0.2, 0.25) is 5.91 Å². The van der Waals surface area contributed by atoms with E-state index in [0.717, 1.165) is 13.1 Å². The summed E-state index contributed by atoms with van der Waals surface area (Å²) in [5.74, 6) is 0.0398. The van der Waals surface area contributed by atoms with Gasteiger partial charge in [-0.3, -0.25) is 9.69 Å². The maximum absolute atomic E-state index is 11.6. The highest BCUT2D eigenvalue weighted by atomic mass is 16.2. The summed E-state index contributed by atoms with van der Waals surface area (Å²) in [5, 5.41) is 0. The molecule has 1 fully saturated rings. The lowest BCUT2D eigenvalue weighted by molar-refractivity contribution is -0.131. The van der Waals surface area contributed by atoms with Crippen molar-refractivity contribution in [2.24, 2.45) is 5.73 Å². The van der Waals surface area contributed by atoms with Crippen LogP contribution in [0, 0.1) is 0 Å². The van der Waals surface area contributed by atoms with Gasteiger partial charge in [-0.05, 0) is 32.9 Å². The lowest BCUT2D eigenvalue weighted by Crippen LogP contribution is -2.46. The molecule has 15 heavy (non-hydrogen) atoms. The summed E-state index contributed by atoms with van der Waals surface area (Å²) in [4.78, 5) is 15.8. The largest absolute Gasteiger partial charge is 0.343 e. The van der Waals surface area contributed by atoms with Gasteiger partial charge in [0.05, 0.1) is 6.04 Å². The Kier molecular flexibility index (Phi) is 4.54. The highest BCUT2D eigenvalue weighted by Gasteiger charge is 2.26. The zero-order valence-corrected chi connectivity index (χ0v) is 10.1. The normalized spacial score (nSPS) is 24.1. The number of carbonyl (C=O) groups excluding carboxylic acids is 1. The summed E-state index contributed by atoms with van der Waals surface area (Å²) in [6.45, 7) is 6.97. The molecule has 88 valence electrons. The Bertz CT molecular complexity index is 218. The van der Waals surface area contributed by atoms with E-state index in [0.29, 0.717) is 6.04 Å². The third-order valence-electron chi connectivity index (χ3n) is 3.16. The predicted molar refractivity (Wildman–Crippen MR) is 61.6 cm³/mol. The molecule has 1 aliphatic heterocycles. The standard InChI is InChI=1S/C11H23N3O/c1-4-14-7-5-6-10(14)8-13(3)11(15)9(2)12/h9-10H,4-8,12H2,1-3H3/t9-,10?/m1/s1. The van der Waals surface area contributed by atoms with Crippen molar-refractivity contribution in [3.05, 3.63) is 0 Å². The number of likely N-dealkylation sites (N-methyl/N-ethyl adjacent to an activating group) is 2. The van der Waals surface area contributed by atoms with Crippen LogP contribution < -0.4 is 5.73 Å². The molecule has 0 radical (unpaired) electrons. The molecule has 1 saturated heterocycles. The Morgan fingerprint density at radius 3 is 2.87 bits per heavy atom. The maximum Gasteiger partial charge on any atom is 0.238 e. The van der Waals surface area contributed by atoms with E-state index in [1.165, 1.54) is 19.4 Å². The predicted octanol–water partition coefficient (Wildman–Crippen LogP) is 0.276. The van der Waals surface area contributed by atoms with Crippen LogP contribution in [0.1, 0.15) is 26.7 Å². The van der Waals surface area contributed by atoms with E-state index in [-0.39, 0.29) is 11.9 Å². The number of hydrogen-bond donors (Lipinski definition) is 1. The second-order valence-electron chi connectivity index (χ2n) is 4.43. The fourth-order valence-corrected chi connectivity index (χ4v) is 2.27. The van der Waals surface area contributed by atoms with Crippen molar-refractivity contribution in [2.75, 3.05) is 26.7 Å². The summed E-state index contributed by atoms with van der Waals surface area (Å²) < 4.78 is 0. The van der Waals surface area contributed by atoms with E-state index < -0.39 is 0 Å². The first-order valence-corrected chi connectivity index (χ1v) is 5.80. The topological polar surface area (TPSA) is 49.6 Å². The Morgan fingerprint density at radius 2 is 2.33 bits per heavy atom. The van der Waals surface area contributed by atoms with Crippen molar-refractivity contribution >= 4 is 5.91 Å². The van der Waals surface area contributed by atoms with Crippen LogP contribution >= 0.6 is 0 Å². The highest BCUT2D eigenvalue weighted by molar-refractivity contribution is 5.80. The summed E-state index contributed by atoms with van der Waals surface area (Å²) in [6, 6.07) is 0.147. The van der Waals surface area contributed by atoms with Crippen LogP contribution in [0.3, 0.4) is 0 Å². The van der Waals surface area contributed by atoms with Gasteiger partial charge in [-0.15, -0.1) is 0 Å². The lowest BCUT2D eigenvalue weighted by atomic mass is 10.2. The molecule has 1 aliphatic rings. The summed E-state index contributed by atoms with van der Waals surface area (Å²) >= 11 is 0. The minimum Gasteiger partial charge on any atom is -0.343 e. The Labute approximate surface area is 92.4 Å². The van der Waals surface area contributed by atoms with Crippen molar-refractivity contribution in [2.45, 2.75) is 38.8 Å². The van der Waals surface area contributed by atoms with Crippen LogP contribution in [-0.4, -0.2) is 54.5 Å². The van der Waals surface area contributed by atoms with Crippen LogP contribution in [-0.2, 0) is 4.79 Å². The average Bonchev–Trinajstić information content (AvgIpc) is 2.63. The molecule has 0 saturated carbocycles. The van der Waals surface area contributed by atoms with Crippen molar-refractivity contribution in [1.82, 2.24) is 9.80 Å². The number of hydrogen-bond acceptors (Lipinski definition) is 3. The van der Waals surface area contributed by atoms with Gasteiger partial charge in [0.1, 0.15) is 0 Å². The van der Waals surface area contributed by atoms with Crippen LogP contribution in [0.4, 0.5) is 0 Å². The zero-order valence-electron chi connectivity index (χ0n) is 10.1.